The average molecular weight is 391 g/mol. The maximum atomic E-state index is 12.1. The van der Waals surface area contributed by atoms with Crippen molar-refractivity contribution < 1.29 is 13.2 Å². The van der Waals surface area contributed by atoms with Crippen molar-refractivity contribution in [3.8, 4) is 0 Å². The number of primary sulfonamides is 1. The minimum Gasteiger partial charge on any atom is -0.350 e. The molecule has 1 heterocycles. The molecule has 2 rings (SSSR count). The number of sulfonamides is 1. The molecule has 0 aliphatic heterocycles. The molecule has 3 N–H and O–H groups in total. The normalized spacial score (nSPS) is 12.8. The van der Waals surface area contributed by atoms with Crippen LogP contribution in [0.3, 0.4) is 0 Å². The molecule has 124 valence electrons. The van der Waals surface area contributed by atoms with Gasteiger partial charge < -0.3 is 5.32 Å². The number of nitrogens with one attached hydrogen (secondary N) is 1. The number of rotatable bonds is 6. The first kappa shape index (κ1) is 18.3. The molecular formula is C14H15ClN2O3S3. The van der Waals surface area contributed by atoms with Crippen LogP contribution in [0.5, 0.6) is 0 Å². The molecule has 1 amide bonds. The van der Waals surface area contributed by atoms with E-state index in [1.807, 2.05) is 12.1 Å². The Morgan fingerprint density at radius 3 is 2.52 bits per heavy atom. The average Bonchev–Trinajstić information content (AvgIpc) is 2.96. The number of hydrogen-bond donors (Lipinski definition) is 2. The van der Waals surface area contributed by atoms with Gasteiger partial charge in [-0.25, -0.2) is 13.6 Å². The monoisotopic (exact) mass is 390 g/mol. The summed E-state index contributed by atoms with van der Waals surface area (Å²) in [6, 6.07) is 10.3. The highest BCUT2D eigenvalue weighted by Gasteiger charge is 2.15. The van der Waals surface area contributed by atoms with Gasteiger partial charge in [-0.15, -0.1) is 23.1 Å². The molecule has 0 radical (unpaired) electrons. The lowest BCUT2D eigenvalue weighted by atomic mass is 10.4. The Kier molecular flexibility index (Phi) is 6.10. The Labute approximate surface area is 148 Å². The molecule has 2 aromatic rings. The van der Waals surface area contributed by atoms with Gasteiger partial charge in [0.25, 0.3) is 0 Å². The fraction of sp³-hybridized carbons (Fsp3) is 0.214. The number of carbonyl (C=O) groups is 1. The zero-order valence-corrected chi connectivity index (χ0v) is 15.4. The number of thioether (sulfide) groups is 1. The molecule has 1 atom stereocenters. The highest BCUT2D eigenvalue weighted by Crippen LogP contribution is 2.25. The quantitative estimate of drug-likeness (QED) is 0.742. The Morgan fingerprint density at radius 1 is 1.30 bits per heavy atom. The number of thiophene rings is 1. The summed E-state index contributed by atoms with van der Waals surface area (Å²) in [7, 11) is -3.69. The molecule has 0 saturated heterocycles. The molecule has 0 fully saturated rings. The lowest BCUT2D eigenvalue weighted by Crippen LogP contribution is -2.30. The van der Waals surface area contributed by atoms with E-state index in [0.29, 0.717) is 5.02 Å². The van der Waals surface area contributed by atoms with Gasteiger partial charge in [-0.05, 0) is 43.3 Å². The van der Waals surface area contributed by atoms with Crippen molar-refractivity contribution >= 4 is 50.6 Å². The van der Waals surface area contributed by atoms with Gasteiger partial charge in [-0.1, -0.05) is 11.6 Å². The van der Waals surface area contributed by atoms with Crippen LogP contribution in [0.1, 0.15) is 11.8 Å². The molecule has 0 unspecified atom stereocenters. The van der Waals surface area contributed by atoms with E-state index in [-0.39, 0.29) is 21.9 Å². The summed E-state index contributed by atoms with van der Waals surface area (Å²) in [4.78, 5) is 13.8. The van der Waals surface area contributed by atoms with Gasteiger partial charge in [0, 0.05) is 14.8 Å². The first-order chi connectivity index (χ1) is 10.8. The van der Waals surface area contributed by atoms with Crippen LogP contribution in [-0.4, -0.2) is 19.6 Å². The van der Waals surface area contributed by atoms with Crippen molar-refractivity contribution in [3.05, 3.63) is 46.3 Å². The lowest BCUT2D eigenvalue weighted by Gasteiger charge is -2.11. The molecule has 5 nitrogen and oxygen atoms in total. The van der Waals surface area contributed by atoms with Gasteiger partial charge in [-0.2, -0.15) is 0 Å². The van der Waals surface area contributed by atoms with Crippen LogP contribution >= 0.6 is 34.7 Å². The van der Waals surface area contributed by atoms with Gasteiger partial charge in [0.05, 0.1) is 11.8 Å². The van der Waals surface area contributed by atoms with Crippen LogP contribution in [0, 0.1) is 0 Å². The summed E-state index contributed by atoms with van der Waals surface area (Å²) in [5.74, 6) is -0.129. The number of halogens is 1. The summed E-state index contributed by atoms with van der Waals surface area (Å²) in [5, 5.41) is 8.20. The van der Waals surface area contributed by atoms with Crippen LogP contribution < -0.4 is 10.5 Å². The second kappa shape index (κ2) is 7.67. The maximum absolute atomic E-state index is 12.1. The lowest BCUT2D eigenvalue weighted by molar-refractivity contribution is -0.120. The van der Waals surface area contributed by atoms with Gasteiger partial charge in [0.2, 0.25) is 15.9 Å². The van der Waals surface area contributed by atoms with Crippen molar-refractivity contribution in [3.63, 3.8) is 0 Å². The smallest absolute Gasteiger partial charge is 0.247 e. The van der Waals surface area contributed by atoms with Crippen molar-refractivity contribution in [1.82, 2.24) is 5.32 Å². The molecule has 23 heavy (non-hydrogen) atoms. The summed E-state index contributed by atoms with van der Waals surface area (Å²) >= 11 is 8.30. The predicted octanol–water partition coefficient (Wildman–Crippen LogP) is 2.85. The van der Waals surface area contributed by atoms with Gasteiger partial charge in [0.1, 0.15) is 4.21 Å². The van der Waals surface area contributed by atoms with E-state index in [0.717, 1.165) is 21.1 Å². The Balaban J connectivity index is 1.89. The third kappa shape index (κ3) is 5.50. The topological polar surface area (TPSA) is 89.3 Å². The first-order valence-corrected chi connectivity index (χ1v) is 10.2. The fourth-order valence-corrected chi connectivity index (χ4v) is 4.43. The summed E-state index contributed by atoms with van der Waals surface area (Å²) in [6.45, 7) is 2.07. The minimum absolute atomic E-state index is 0.0883. The van der Waals surface area contributed by atoms with E-state index >= 15 is 0 Å². The van der Waals surface area contributed by atoms with Crippen LogP contribution in [0.15, 0.2) is 45.5 Å². The third-order valence-corrected chi connectivity index (χ3v) is 6.74. The van der Waals surface area contributed by atoms with E-state index < -0.39 is 10.0 Å². The number of nitrogens with two attached hydrogens (primary N) is 1. The van der Waals surface area contributed by atoms with Crippen LogP contribution in [0.2, 0.25) is 5.02 Å². The van der Waals surface area contributed by atoms with Gasteiger partial charge in [0.15, 0.2) is 0 Å². The molecular weight excluding hydrogens is 376 g/mol. The Morgan fingerprint density at radius 2 is 1.96 bits per heavy atom. The molecule has 0 bridgehead atoms. The second-order valence-corrected chi connectivity index (χ2v) is 9.50. The van der Waals surface area contributed by atoms with Crippen molar-refractivity contribution in [2.75, 3.05) is 0 Å². The van der Waals surface area contributed by atoms with Crippen LogP contribution in [-0.2, 0) is 21.4 Å². The van der Waals surface area contributed by atoms with Crippen molar-refractivity contribution in [2.45, 2.75) is 27.8 Å². The second-order valence-electron chi connectivity index (χ2n) is 4.70. The zero-order chi connectivity index (χ0) is 17.0. The standard InChI is InChI=1S/C14H15ClN2O3S3/c1-9(21-11-4-2-10(15)3-5-11)14(18)17-8-12-6-7-13(22-12)23(16,19)20/h2-7,9H,8H2,1H3,(H,17,18)(H2,16,19,20)/t9-/m1/s1. The maximum Gasteiger partial charge on any atom is 0.247 e. The minimum atomic E-state index is -3.69. The zero-order valence-electron chi connectivity index (χ0n) is 12.2. The molecule has 9 heteroatoms. The summed E-state index contributed by atoms with van der Waals surface area (Å²) in [6.07, 6.45) is 0. The fourth-order valence-electron chi connectivity index (χ4n) is 1.69. The Hall–Kier alpha value is -1.06. The van der Waals surface area contributed by atoms with Gasteiger partial charge >= 0.3 is 0 Å². The summed E-state index contributed by atoms with van der Waals surface area (Å²) < 4.78 is 22.5. The molecule has 1 aromatic heterocycles. The molecule has 0 spiro atoms. The Bertz CT molecular complexity index is 788. The predicted molar refractivity (Wildman–Crippen MR) is 94.3 cm³/mol. The van der Waals surface area contributed by atoms with E-state index in [1.54, 1.807) is 25.1 Å². The molecule has 1 aromatic carbocycles. The number of benzene rings is 1. The molecule has 0 aliphatic rings. The molecule has 0 saturated carbocycles. The van der Waals surface area contributed by atoms with E-state index in [2.05, 4.69) is 5.32 Å². The molecule has 0 aliphatic carbocycles. The van der Waals surface area contributed by atoms with Crippen molar-refractivity contribution in [1.29, 1.82) is 0 Å². The van der Waals surface area contributed by atoms with Crippen molar-refractivity contribution in [2.24, 2.45) is 5.14 Å². The SMILES string of the molecule is C[C@@H](Sc1ccc(Cl)cc1)C(=O)NCc1ccc(S(N)(=O)=O)s1. The van der Waals surface area contributed by atoms with Crippen LogP contribution in [0.4, 0.5) is 0 Å². The summed E-state index contributed by atoms with van der Waals surface area (Å²) in [5.41, 5.74) is 0. The number of amides is 1. The van der Waals surface area contributed by atoms with E-state index in [4.69, 9.17) is 16.7 Å². The van der Waals surface area contributed by atoms with E-state index in [1.165, 1.54) is 17.8 Å². The largest absolute Gasteiger partial charge is 0.350 e. The number of hydrogen-bond acceptors (Lipinski definition) is 5. The third-order valence-electron chi connectivity index (χ3n) is 2.85. The first-order valence-electron chi connectivity index (χ1n) is 6.57. The number of carbonyl (C=O) groups excluding carboxylic acids is 1. The highest BCUT2D eigenvalue weighted by molar-refractivity contribution is 8.00. The van der Waals surface area contributed by atoms with E-state index in [9.17, 15) is 13.2 Å². The van der Waals surface area contributed by atoms with Gasteiger partial charge in [-0.3, -0.25) is 4.79 Å². The highest BCUT2D eigenvalue weighted by atomic mass is 35.5. The van der Waals surface area contributed by atoms with Crippen LogP contribution in [0.25, 0.3) is 0 Å².